The van der Waals surface area contributed by atoms with Gasteiger partial charge in [0.25, 0.3) is 5.91 Å². The number of hydrazone groups is 1. The molecule has 0 aliphatic carbocycles. The number of nitrogens with zero attached hydrogens (tertiary/aromatic N) is 4. The van der Waals surface area contributed by atoms with Gasteiger partial charge in [0.1, 0.15) is 0 Å². The predicted octanol–water partition coefficient (Wildman–Crippen LogP) is 4.79. The Kier molecular flexibility index (Phi) is 6.77. The molecule has 6 nitrogen and oxygen atoms in total. The van der Waals surface area contributed by atoms with Crippen molar-refractivity contribution in [3.05, 3.63) is 95.6 Å². The fourth-order valence-corrected chi connectivity index (χ4v) is 3.80. The summed E-state index contributed by atoms with van der Waals surface area (Å²) in [7, 11) is 0. The number of carbonyl (C=O) groups is 1. The van der Waals surface area contributed by atoms with Gasteiger partial charge in [-0.1, -0.05) is 89.6 Å². The maximum absolute atomic E-state index is 12.3. The normalized spacial score (nSPS) is 11.1. The Bertz CT molecular complexity index is 1220. The van der Waals surface area contributed by atoms with E-state index in [1.165, 1.54) is 22.9 Å². The molecule has 4 rings (SSSR count). The molecule has 0 saturated carbocycles. The number of benzene rings is 3. The molecule has 0 unspecified atom stereocenters. The molecule has 1 amide bonds. The molecule has 7 heteroatoms. The minimum Gasteiger partial charge on any atom is -0.272 e. The summed E-state index contributed by atoms with van der Waals surface area (Å²) in [4.78, 5) is 12.3. The first-order valence-electron chi connectivity index (χ1n) is 10.2. The lowest BCUT2D eigenvalue weighted by atomic mass is 10.1. The molecule has 1 N–H and O–H groups in total. The van der Waals surface area contributed by atoms with Crippen molar-refractivity contribution < 1.29 is 4.79 Å². The van der Waals surface area contributed by atoms with Crippen molar-refractivity contribution in [2.24, 2.45) is 5.10 Å². The van der Waals surface area contributed by atoms with E-state index in [4.69, 9.17) is 0 Å². The Balaban J connectivity index is 1.49. The highest BCUT2D eigenvalue weighted by Gasteiger charge is 2.17. The van der Waals surface area contributed by atoms with E-state index in [9.17, 15) is 4.79 Å². The van der Waals surface area contributed by atoms with Crippen molar-refractivity contribution in [2.75, 3.05) is 5.75 Å². The third-order valence-electron chi connectivity index (χ3n) is 4.77. The van der Waals surface area contributed by atoms with Gasteiger partial charge in [-0.3, -0.25) is 9.36 Å². The first kappa shape index (κ1) is 21.5. The third kappa shape index (κ3) is 5.31. The van der Waals surface area contributed by atoms with Crippen molar-refractivity contribution >= 4 is 23.9 Å². The van der Waals surface area contributed by atoms with Crippen LogP contribution in [0, 0.1) is 13.8 Å². The zero-order valence-electron chi connectivity index (χ0n) is 17.9. The maximum Gasteiger partial charge on any atom is 0.250 e. The SMILES string of the molecule is Cc1ccc(/C=N/NC(=O)CSc2nnc(-c3ccc(C)cc3)n2-c2ccccc2)cc1. The van der Waals surface area contributed by atoms with E-state index in [0.29, 0.717) is 5.16 Å². The molecule has 4 aromatic rings. The Hall–Kier alpha value is -3.71. The Morgan fingerprint density at radius 3 is 2.28 bits per heavy atom. The lowest BCUT2D eigenvalue weighted by Crippen LogP contribution is -2.20. The van der Waals surface area contributed by atoms with Crippen LogP contribution < -0.4 is 5.43 Å². The Labute approximate surface area is 191 Å². The lowest BCUT2D eigenvalue weighted by molar-refractivity contribution is -0.118. The highest BCUT2D eigenvalue weighted by atomic mass is 32.2. The summed E-state index contributed by atoms with van der Waals surface area (Å²) < 4.78 is 1.97. The van der Waals surface area contributed by atoms with E-state index in [1.54, 1.807) is 6.21 Å². The second kappa shape index (κ2) is 10.1. The summed E-state index contributed by atoms with van der Waals surface area (Å²) in [5, 5.41) is 13.5. The van der Waals surface area contributed by atoms with Crippen molar-refractivity contribution in [3.8, 4) is 17.1 Å². The van der Waals surface area contributed by atoms with Crippen LogP contribution in [0.25, 0.3) is 17.1 Å². The van der Waals surface area contributed by atoms with E-state index >= 15 is 0 Å². The van der Waals surface area contributed by atoms with Gasteiger partial charge in [0, 0.05) is 11.3 Å². The highest BCUT2D eigenvalue weighted by molar-refractivity contribution is 7.99. The van der Waals surface area contributed by atoms with Gasteiger partial charge < -0.3 is 0 Å². The molecule has 0 radical (unpaired) electrons. The summed E-state index contributed by atoms with van der Waals surface area (Å²) in [5.74, 6) is 0.693. The highest BCUT2D eigenvalue weighted by Crippen LogP contribution is 2.28. The number of hydrogen-bond acceptors (Lipinski definition) is 5. The second-order valence-corrected chi connectivity index (χ2v) is 8.28. The quantitative estimate of drug-likeness (QED) is 0.254. The molecular weight excluding hydrogens is 418 g/mol. The lowest BCUT2D eigenvalue weighted by Gasteiger charge is -2.10. The Morgan fingerprint density at radius 1 is 0.938 bits per heavy atom. The van der Waals surface area contributed by atoms with Crippen LogP contribution in [-0.4, -0.2) is 32.6 Å². The standard InChI is InChI=1S/C25H23N5OS/c1-18-8-12-20(13-9-18)16-26-27-23(31)17-32-25-29-28-24(21-14-10-19(2)11-15-21)30(25)22-6-4-3-5-7-22/h3-16H,17H2,1-2H3,(H,27,31)/b26-16+. The van der Waals surface area contributed by atoms with Gasteiger partial charge in [-0.05, 0) is 31.5 Å². The van der Waals surface area contributed by atoms with Crippen LogP contribution in [0.5, 0.6) is 0 Å². The molecule has 1 heterocycles. The van der Waals surface area contributed by atoms with Gasteiger partial charge in [-0.25, -0.2) is 5.43 Å². The van der Waals surface area contributed by atoms with E-state index in [0.717, 1.165) is 22.6 Å². The molecule has 160 valence electrons. The average Bonchev–Trinajstić information content (AvgIpc) is 3.24. The van der Waals surface area contributed by atoms with Gasteiger partial charge in [0.2, 0.25) is 0 Å². The molecule has 0 bridgehead atoms. The summed E-state index contributed by atoms with van der Waals surface area (Å²) in [6.07, 6.45) is 1.63. The van der Waals surface area contributed by atoms with Crippen LogP contribution in [0.1, 0.15) is 16.7 Å². The molecule has 0 saturated heterocycles. The maximum atomic E-state index is 12.3. The smallest absolute Gasteiger partial charge is 0.250 e. The largest absolute Gasteiger partial charge is 0.272 e. The number of amides is 1. The molecule has 0 aliphatic heterocycles. The monoisotopic (exact) mass is 441 g/mol. The molecular formula is C25H23N5OS. The summed E-state index contributed by atoms with van der Waals surface area (Å²) in [5.41, 5.74) is 7.75. The van der Waals surface area contributed by atoms with E-state index < -0.39 is 0 Å². The number of thioether (sulfide) groups is 1. The zero-order valence-corrected chi connectivity index (χ0v) is 18.7. The van der Waals surface area contributed by atoms with Gasteiger partial charge in [0.15, 0.2) is 11.0 Å². The number of aromatic nitrogens is 3. The van der Waals surface area contributed by atoms with Crippen LogP contribution >= 0.6 is 11.8 Å². The van der Waals surface area contributed by atoms with E-state index in [2.05, 4.69) is 20.7 Å². The molecule has 0 aliphatic rings. The third-order valence-corrected chi connectivity index (χ3v) is 5.70. The van der Waals surface area contributed by atoms with Gasteiger partial charge >= 0.3 is 0 Å². The second-order valence-electron chi connectivity index (χ2n) is 7.34. The average molecular weight is 442 g/mol. The van der Waals surface area contributed by atoms with Crippen molar-refractivity contribution in [3.63, 3.8) is 0 Å². The first-order chi connectivity index (χ1) is 15.6. The fourth-order valence-electron chi connectivity index (χ4n) is 3.06. The van der Waals surface area contributed by atoms with Crippen LogP contribution in [-0.2, 0) is 4.79 Å². The van der Waals surface area contributed by atoms with Crippen LogP contribution in [0.15, 0.2) is 89.1 Å². The molecule has 1 aromatic heterocycles. The van der Waals surface area contributed by atoms with Crippen molar-refractivity contribution in [2.45, 2.75) is 19.0 Å². The molecule has 3 aromatic carbocycles. The number of hydrogen-bond donors (Lipinski definition) is 1. The molecule has 32 heavy (non-hydrogen) atoms. The predicted molar refractivity (Wildman–Crippen MR) is 129 cm³/mol. The van der Waals surface area contributed by atoms with E-state index in [-0.39, 0.29) is 11.7 Å². The molecule has 0 fully saturated rings. The first-order valence-corrected chi connectivity index (χ1v) is 11.2. The number of aryl methyl sites for hydroxylation is 2. The van der Waals surface area contributed by atoms with Crippen molar-refractivity contribution in [1.82, 2.24) is 20.2 Å². The fraction of sp³-hybridized carbons (Fsp3) is 0.120. The summed E-state index contributed by atoms with van der Waals surface area (Å²) in [6, 6.07) is 26.0. The number of rotatable bonds is 7. The Morgan fingerprint density at radius 2 is 1.59 bits per heavy atom. The summed E-state index contributed by atoms with van der Waals surface area (Å²) >= 11 is 1.32. The molecule has 0 atom stereocenters. The van der Waals surface area contributed by atoms with Gasteiger partial charge in [-0.15, -0.1) is 10.2 Å². The van der Waals surface area contributed by atoms with Crippen LogP contribution in [0.2, 0.25) is 0 Å². The van der Waals surface area contributed by atoms with Crippen LogP contribution in [0.4, 0.5) is 0 Å². The topological polar surface area (TPSA) is 72.2 Å². The summed E-state index contributed by atoms with van der Waals surface area (Å²) in [6.45, 7) is 4.07. The van der Waals surface area contributed by atoms with Gasteiger partial charge in [-0.2, -0.15) is 5.10 Å². The number of carbonyl (C=O) groups excluding carboxylic acids is 1. The number of para-hydroxylation sites is 1. The number of nitrogens with one attached hydrogen (secondary N) is 1. The van der Waals surface area contributed by atoms with E-state index in [1.807, 2.05) is 97.3 Å². The minimum absolute atomic E-state index is 0.171. The van der Waals surface area contributed by atoms with Gasteiger partial charge in [0.05, 0.1) is 12.0 Å². The zero-order chi connectivity index (χ0) is 22.3. The van der Waals surface area contributed by atoms with Crippen LogP contribution in [0.3, 0.4) is 0 Å². The van der Waals surface area contributed by atoms with Crippen molar-refractivity contribution in [1.29, 1.82) is 0 Å². The molecule has 0 spiro atoms. The minimum atomic E-state index is -0.210.